The molecule has 0 aliphatic rings. The van der Waals surface area contributed by atoms with Crippen LogP contribution in [0.4, 0.5) is 0 Å². The molecule has 0 saturated heterocycles. The van der Waals surface area contributed by atoms with Crippen molar-refractivity contribution < 1.29 is 0 Å². The van der Waals surface area contributed by atoms with Crippen LogP contribution in [-0.4, -0.2) is 6.54 Å². The topological polar surface area (TPSA) is 12.0 Å². The quantitative estimate of drug-likeness (QED) is 0.679. The Morgan fingerprint density at radius 2 is 2.67 bits per heavy atom. The van der Waals surface area contributed by atoms with E-state index in [0.717, 1.165) is 6.54 Å². The molecule has 0 aliphatic carbocycles. The van der Waals surface area contributed by atoms with E-state index < -0.39 is 0 Å². The van der Waals surface area contributed by atoms with Crippen molar-refractivity contribution in [2.45, 2.75) is 11.1 Å². The molecule has 0 unspecified atom stereocenters. The lowest BCUT2D eigenvalue weighted by Gasteiger charge is -1.93. The lowest BCUT2D eigenvalue weighted by molar-refractivity contribution is 1.04. The van der Waals surface area contributed by atoms with E-state index in [2.05, 4.69) is 29.2 Å². The Bertz CT molecular complexity index is 148. The highest BCUT2D eigenvalue weighted by Gasteiger charge is 1.89. The third-order valence-electron chi connectivity index (χ3n) is 0.812. The molecule has 0 aliphatic heterocycles. The average molecular weight is 159 g/mol. The van der Waals surface area contributed by atoms with E-state index in [9.17, 15) is 0 Å². The molecule has 0 atom stereocenters. The van der Waals surface area contributed by atoms with Crippen LogP contribution in [0, 0.1) is 0 Å². The Morgan fingerprint density at radius 1 is 1.78 bits per heavy atom. The van der Waals surface area contributed by atoms with Gasteiger partial charge in [0.05, 0.1) is 4.21 Å². The van der Waals surface area contributed by atoms with Crippen LogP contribution >= 0.6 is 23.3 Å². The number of hydrogen-bond acceptors (Lipinski definition) is 3. The minimum absolute atomic E-state index is 1.02. The normalized spacial score (nSPS) is 9.89. The van der Waals surface area contributed by atoms with Gasteiger partial charge in [-0.15, -0.1) is 11.3 Å². The molecule has 0 spiro atoms. The van der Waals surface area contributed by atoms with Crippen LogP contribution in [0.5, 0.6) is 0 Å². The predicted octanol–water partition coefficient (Wildman–Crippen LogP) is 2.36. The van der Waals surface area contributed by atoms with Crippen LogP contribution in [0.2, 0.25) is 0 Å². The molecule has 9 heavy (non-hydrogen) atoms. The summed E-state index contributed by atoms with van der Waals surface area (Å²) in [6.45, 7) is 3.11. The second kappa shape index (κ2) is 3.93. The second-order valence-corrected chi connectivity index (χ2v) is 3.67. The summed E-state index contributed by atoms with van der Waals surface area (Å²) in [4.78, 5) is 0. The van der Waals surface area contributed by atoms with Gasteiger partial charge in [0.25, 0.3) is 0 Å². The molecule has 1 N–H and O–H groups in total. The maximum Gasteiger partial charge on any atom is 0.0751 e. The fourth-order valence-corrected chi connectivity index (χ4v) is 1.88. The standard InChI is InChI=1S/C6H9NS2/c1-2-7-9-6-4-3-5-8-6/h3-5,7H,2H2,1H3. The molecule has 1 aromatic rings. The SMILES string of the molecule is CCNSc1cccs1. The zero-order valence-electron chi connectivity index (χ0n) is 5.26. The zero-order chi connectivity index (χ0) is 6.53. The maximum absolute atomic E-state index is 3.18. The lowest BCUT2D eigenvalue weighted by Crippen LogP contribution is -1.98. The van der Waals surface area contributed by atoms with E-state index in [1.165, 1.54) is 4.21 Å². The summed E-state index contributed by atoms with van der Waals surface area (Å²) in [6.07, 6.45) is 0. The fraction of sp³-hybridized carbons (Fsp3) is 0.333. The minimum atomic E-state index is 1.02. The molecule has 50 valence electrons. The van der Waals surface area contributed by atoms with Gasteiger partial charge in [0.15, 0.2) is 0 Å². The lowest BCUT2D eigenvalue weighted by atomic mass is 10.7. The van der Waals surface area contributed by atoms with Gasteiger partial charge in [-0.05, 0) is 23.4 Å². The van der Waals surface area contributed by atoms with E-state index in [1.807, 2.05) is 0 Å². The summed E-state index contributed by atoms with van der Waals surface area (Å²) in [5.41, 5.74) is 0. The molecule has 0 aromatic carbocycles. The highest BCUT2D eigenvalue weighted by Crippen LogP contribution is 2.19. The third-order valence-corrected chi connectivity index (χ3v) is 2.78. The summed E-state index contributed by atoms with van der Waals surface area (Å²) in [5, 5.41) is 2.08. The molecule has 0 fully saturated rings. The van der Waals surface area contributed by atoms with Gasteiger partial charge in [0.1, 0.15) is 0 Å². The van der Waals surface area contributed by atoms with E-state index in [0.29, 0.717) is 0 Å². The molecule has 0 amide bonds. The molecule has 1 heterocycles. The van der Waals surface area contributed by atoms with E-state index in [-0.39, 0.29) is 0 Å². The van der Waals surface area contributed by atoms with Gasteiger partial charge < -0.3 is 0 Å². The molecular weight excluding hydrogens is 150 g/mol. The van der Waals surface area contributed by atoms with E-state index in [4.69, 9.17) is 0 Å². The summed E-state index contributed by atoms with van der Waals surface area (Å²) >= 11 is 3.46. The van der Waals surface area contributed by atoms with Crippen LogP contribution in [0.3, 0.4) is 0 Å². The van der Waals surface area contributed by atoms with Crippen LogP contribution in [-0.2, 0) is 0 Å². The van der Waals surface area contributed by atoms with Gasteiger partial charge >= 0.3 is 0 Å². The summed E-state index contributed by atoms with van der Waals surface area (Å²) in [7, 11) is 0. The first kappa shape index (κ1) is 7.12. The van der Waals surface area contributed by atoms with Gasteiger partial charge in [0.2, 0.25) is 0 Å². The smallest absolute Gasteiger partial charge is 0.0751 e. The predicted molar refractivity (Wildman–Crippen MR) is 43.9 cm³/mol. The number of nitrogens with one attached hydrogen (secondary N) is 1. The highest BCUT2D eigenvalue weighted by atomic mass is 32.2. The molecule has 0 saturated carbocycles. The van der Waals surface area contributed by atoms with Crippen molar-refractivity contribution in [2.75, 3.05) is 6.54 Å². The number of hydrogen-bond donors (Lipinski definition) is 1. The van der Waals surface area contributed by atoms with Gasteiger partial charge in [-0.25, -0.2) is 0 Å². The molecule has 1 aromatic heterocycles. The average Bonchev–Trinajstić information content (AvgIpc) is 2.34. The molecule has 1 rings (SSSR count). The summed E-state index contributed by atoms with van der Waals surface area (Å²) in [5.74, 6) is 0. The van der Waals surface area contributed by atoms with Gasteiger partial charge in [-0.3, -0.25) is 4.72 Å². The molecular formula is C6H9NS2. The Hall–Kier alpha value is 0.01000. The van der Waals surface area contributed by atoms with E-state index >= 15 is 0 Å². The van der Waals surface area contributed by atoms with Crippen LogP contribution < -0.4 is 4.72 Å². The largest absolute Gasteiger partial charge is 0.259 e. The molecule has 0 bridgehead atoms. The fourth-order valence-electron chi connectivity index (χ4n) is 0.465. The molecule has 3 heteroatoms. The van der Waals surface area contributed by atoms with Gasteiger partial charge in [-0.1, -0.05) is 13.0 Å². The Labute approximate surface area is 63.6 Å². The molecule has 1 nitrogen and oxygen atoms in total. The number of thiophene rings is 1. The summed E-state index contributed by atoms with van der Waals surface area (Å²) in [6, 6.07) is 4.17. The minimum Gasteiger partial charge on any atom is -0.259 e. The first-order valence-electron chi connectivity index (χ1n) is 2.86. The highest BCUT2D eigenvalue weighted by molar-refractivity contribution is 7.99. The van der Waals surface area contributed by atoms with Crippen molar-refractivity contribution in [3.63, 3.8) is 0 Å². The first-order chi connectivity index (χ1) is 4.43. The van der Waals surface area contributed by atoms with Crippen molar-refractivity contribution >= 4 is 23.3 Å². The third kappa shape index (κ3) is 2.39. The Kier molecular flexibility index (Phi) is 3.11. The monoisotopic (exact) mass is 159 g/mol. The number of rotatable bonds is 3. The van der Waals surface area contributed by atoms with Crippen molar-refractivity contribution in [1.29, 1.82) is 0 Å². The summed E-state index contributed by atoms with van der Waals surface area (Å²) < 4.78 is 4.51. The van der Waals surface area contributed by atoms with Gasteiger partial charge in [0, 0.05) is 6.54 Å². The van der Waals surface area contributed by atoms with Crippen molar-refractivity contribution in [3.8, 4) is 0 Å². The Balaban J connectivity index is 2.30. The van der Waals surface area contributed by atoms with Crippen LogP contribution in [0.15, 0.2) is 21.7 Å². The van der Waals surface area contributed by atoms with Crippen molar-refractivity contribution in [3.05, 3.63) is 17.5 Å². The molecule has 0 radical (unpaired) electrons. The van der Waals surface area contributed by atoms with Crippen molar-refractivity contribution in [1.82, 2.24) is 4.72 Å². The van der Waals surface area contributed by atoms with Crippen molar-refractivity contribution in [2.24, 2.45) is 0 Å². The Morgan fingerprint density at radius 3 is 3.22 bits per heavy atom. The van der Waals surface area contributed by atoms with Gasteiger partial charge in [-0.2, -0.15) is 0 Å². The van der Waals surface area contributed by atoms with E-state index in [1.54, 1.807) is 23.3 Å². The van der Waals surface area contributed by atoms with Crippen LogP contribution in [0.1, 0.15) is 6.92 Å². The zero-order valence-corrected chi connectivity index (χ0v) is 6.89. The van der Waals surface area contributed by atoms with Crippen LogP contribution in [0.25, 0.3) is 0 Å². The first-order valence-corrected chi connectivity index (χ1v) is 4.56. The second-order valence-electron chi connectivity index (χ2n) is 1.53. The maximum atomic E-state index is 3.18.